The van der Waals surface area contributed by atoms with Crippen molar-refractivity contribution in [2.75, 3.05) is 39.2 Å². The molecule has 0 aliphatic heterocycles. The van der Waals surface area contributed by atoms with Crippen molar-refractivity contribution in [3.8, 4) is 5.75 Å². The molecule has 0 atom stereocenters. The Morgan fingerprint density at radius 3 is 2.44 bits per heavy atom. The van der Waals surface area contributed by atoms with Gasteiger partial charge in [-0.2, -0.15) is 0 Å². The number of esters is 1. The Labute approximate surface area is 186 Å². The fraction of sp³-hybridized carbons (Fsp3) is 0.304. The second-order valence-corrected chi connectivity index (χ2v) is 6.95. The topological polar surface area (TPSA) is 114 Å². The molecule has 0 aromatic heterocycles. The summed E-state index contributed by atoms with van der Waals surface area (Å²) in [5.41, 5.74) is 1.41. The summed E-state index contributed by atoms with van der Waals surface area (Å²) in [6.45, 7) is -0.583. The standard InChI is InChI=1S/C23H27N3O6/c1-26(15-21(28)25-18-9-6-10-19(14-18)31-2)22(29)16-32-23(30)11-12-24-20(27)13-17-7-4-3-5-8-17/h3-10,14H,11-13,15-16H2,1-2H3,(H,24,27)(H,25,28). The molecule has 9 nitrogen and oxygen atoms in total. The quantitative estimate of drug-likeness (QED) is 0.510. The zero-order valence-electron chi connectivity index (χ0n) is 18.1. The van der Waals surface area contributed by atoms with Crippen molar-refractivity contribution >= 4 is 29.4 Å². The van der Waals surface area contributed by atoms with Gasteiger partial charge in [0, 0.05) is 25.3 Å². The van der Waals surface area contributed by atoms with E-state index in [0.717, 1.165) is 10.5 Å². The molecule has 9 heteroatoms. The van der Waals surface area contributed by atoms with E-state index in [4.69, 9.17) is 9.47 Å². The predicted molar refractivity (Wildman–Crippen MR) is 118 cm³/mol. The number of methoxy groups -OCH3 is 1. The van der Waals surface area contributed by atoms with E-state index < -0.39 is 24.4 Å². The maximum Gasteiger partial charge on any atom is 0.308 e. The minimum atomic E-state index is -0.618. The van der Waals surface area contributed by atoms with Crippen LogP contribution in [0.3, 0.4) is 0 Å². The Hall–Kier alpha value is -3.88. The molecular formula is C23H27N3O6. The lowest BCUT2D eigenvalue weighted by Gasteiger charge is -2.17. The summed E-state index contributed by atoms with van der Waals surface area (Å²) >= 11 is 0. The number of nitrogens with one attached hydrogen (secondary N) is 2. The molecule has 0 fully saturated rings. The first-order valence-corrected chi connectivity index (χ1v) is 10.0. The maximum absolute atomic E-state index is 12.1. The summed E-state index contributed by atoms with van der Waals surface area (Å²) in [5, 5.41) is 5.30. The molecule has 0 aliphatic rings. The Morgan fingerprint density at radius 2 is 1.72 bits per heavy atom. The number of nitrogens with zero attached hydrogens (tertiary/aromatic N) is 1. The summed E-state index contributed by atoms with van der Waals surface area (Å²) in [6, 6.07) is 16.1. The second-order valence-electron chi connectivity index (χ2n) is 6.95. The molecule has 2 N–H and O–H groups in total. The SMILES string of the molecule is COc1cccc(NC(=O)CN(C)C(=O)COC(=O)CCNC(=O)Cc2ccccc2)c1. The van der Waals surface area contributed by atoms with Crippen molar-refractivity contribution in [3.05, 3.63) is 60.2 Å². The van der Waals surface area contributed by atoms with Crippen LogP contribution in [0.4, 0.5) is 5.69 Å². The van der Waals surface area contributed by atoms with Gasteiger partial charge >= 0.3 is 5.97 Å². The largest absolute Gasteiger partial charge is 0.497 e. The van der Waals surface area contributed by atoms with E-state index in [1.807, 2.05) is 30.3 Å². The number of benzene rings is 2. The number of hydrogen-bond acceptors (Lipinski definition) is 6. The minimum absolute atomic E-state index is 0.0617. The highest BCUT2D eigenvalue weighted by atomic mass is 16.5. The Morgan fingerprint density at radius 1 is 0.969 bits per heavy atom. The summed E-state index contributed by atoms with van der Waals surface area (Å²) < 4.78 is 10.0. The molecule has 2 aromatic carbocycles. The van der Waals surface area contributed by atoms with E-state index in [-0.39, 0.29) is 31.8 Å². The van der Waals surface area contributed by atoms with Crippen LogP contribution >= 0.6 is 0 Å². The molecule has 0 bridgehead atoms. The summed E-state index contributed by atoms with van der Waals surface area (Å²) in [7, 11) is 2.96. The van der Waals surface area contributed by atoms with Gasteiger partial charge in [-0.25, -0.2) is 0 Å². The Balaban J connectivity index is 1.63. The Bertz CT molecular complexity index is 932. The lowest BCUT2D eigenvalue weighted by atomic mass is 10.1. The van der Waals surface area contributed by atoms with Crippen LogP contribution in [0.1, 0.15) is 12.0 Å². The third-order valence-corrected chi connectivity index (χ3v) is 4.38. The van der Waals surface area contributed by atoms with E-state index in [9.17, 15) is 19.2 Å². The number of rotatable bonds is 11. The van der Waals surface area contributed by atoms with Gasteiger partial charge in [-0.05, 0) is 17.7 Å². The lowest BCUT2D eigenvalue weighted by molar-refractivity contribution is -0.151. The number of carbonyl (C=O) groups is 4. The molecule has 0 aliphatic carbocycles. The summed E-state index contributed by atoms with van der Waals surface area (Å²) in [4.78, 5) is 49.0. The zero-order valence-corrected chi connectivity index (χ0v) is 18.1. The van der Waals surface area contributed by atoms with Crippen molar-refractivity contribution in [3.63, 3.8) is 0 Å². The van der Waals surface area contributed by atoms with Gasteiger partial charge in [0.25, 0.3) is 5.91 Å². The highest BCUT2D eigenvalue weighted by Crippen LogP contribution is 2.16. The smallest absolute Gasteiger partial charge is 0.308 e. The minimum Gasteiger partial charge on any atom is -0.497 e. The van der Waals surface area contributed by atoms with Crippen LogP contribution in [0.5, 0.6) is 5.75 Å². The first-order valence-electron chi connectivity index (χ1n) is 10.0. The van der Waals surface area contributed by atoms with Crippen LogP contribution in [-0.4, -0.2) is 62.4 Å². The monoisotopic (exact) mass is 441 g/mol. The van der Waals surface area contributed by atoms with Crippen molar-refractivity contribution in [2.45, 2.75) is 12.8 Å². The number of hydrogen-bond donors (Lipinski definition) is 2. The lowest BCUT2D eigenvalue weighted by Crippen LogP contribution is -2.37. The number of amides is 3. The number of carbonyl (C=O) groups excluding carboxylic acids is 4. The number of likely N-dealkylation sites (N-methyl/N-ethyl adjacent to an activating group) is 1. The third-order valence-electron chi connectivity index (χ3n) is 4.38. The van der Waals surface area contributed by atoms with Gasteiger partial charge in [0.1, 0.15) is 5.75 Å². The molecular weight excluding hydrogens is 414 g/mol. The van der Waals surface area contributed by atoms with Crippen molar-refractivity contribution in [1.29, 1.82) is 0 Å². The van der Waals surface area contributed by atoms with Crippen LogP contribution < -0.4 is 15.4 Å². The fourth-order valence-corrected chi connectivity index (χ4v) is 2.68. The van der Waals surface area contributed by atoms with Crippen LogP contribution in [0.15, 0.2) is 54.6 Å². The van der Waals surface area contributed by atoms with Crippen molar-refractivity contribution in [1.82, 2.24) is 10.2 Å². The van der Waals surface area contributed by atoms with Crippen LogP contribution in [0.2, 0.25) is 0 Å². The number of anilines is 1. The van der Waals surface area contributed by atoms with Crippen LogP contribution in [0.25, 0.3) is 0 Å². The van der Waals surface area contributed by atoms with Crippen LogP contribution in [-0.2, 0) is 30.3 Å². The zero-order chi connectivity index (χ0) is 23.3. The molecule has 0 saturated heterocycles. The maximum atomic E-state index is 12.1. The third kappa shape index (κ3) is 8.86. The van der Waals surface area contributed by atoms with Gasteiger partial charge in [0.05, 0.1) is 26.5 Å². The van der Waals surface area contributed by atoms with Gasteiger partial charge in [0.15, 0.2) is 6.61 Å². The molecule has 32 heavy (non-hydrogen) atoms. The predicted octanol–water partition coefficient (Wildman–Crippen LogP) is 1.38. The highest BCUT2D eigenvalue weighted by Gasteiger charge is 2.15. The molecule has 0 heterocycles. The first-order chi connectivity index (χ1) is 15.4. The van der Waals surface area contributed by atoms with E-state index in [1.165, 1.54) is 14.2 Å². The van der Waals surface area contributed by atoms with Gasteiger partial charge in [-0.3, -0.25) is 19.2 Å². The van der Waals surface area contributed by atoms with Crippen molar-refractivity contribution < 1.29 is 28.7 Å². The van der Waals surface area contributed by atoms with E-state index >= 15 is 0 Å². The molecule has 170 valence electrons. The highest BCUT2D eigenvalue weighted by molar-refractivity contribution is 5.95. The van der Waals surface area contributed by atoms with Gasteiger partial charge in [0.2, 0.25) is 11.8 Å². The van der Waals surface area contributed by atoms with Gasteiger partial charge in [-0.1, -0.05) is 36.4 Å². The molecule has 0 unspecified atom stereocenters. The van der Waals surface area contributed by atoms with E-state index in [2.05, 4.69) is 10.6 Å². The first kappa shape index (κ1) is 24.4. The Kier molecular flexibility index (Phi) is 9.70. The molecule has 0 spiro atoms. The van der Waals surface area contributed by atoms with E-state index in [1.54, 1.807) is 24.3 Å². The molecule has 2 aromatic rings. The van der Waals surface area contributed by atoms with E-state index in [0.29, 0.717) is 11.4 Å². The van der Waals surface area contributed by atoms with Crippen molar-refractivity contribution in [2.24, 2.45) is 0 Å². The average Bonchev–Trinajstić information content (AvgIpc) is 2.78. The summed E-state index contributed by atoms with van der Waals surface area (Å²) in [6.07, 6.45) is 0.158. The molecule has 2 rings (SSSR count). The van der Waals surface area contributed by atoms with Gasteiger partial charge in [-0.15, -0.1) is 0 Å². The molecule has 0 saturated carbocycles. The average molecular weight is 441 g/mol. The number of ether oxygens (including phenoxy) is 2. The summed E-state index contributed by atoms with van der Waals surface area (Å²) in [5.74, 6) is -1.15. The second kappa shape index (κ2) is 12.7. The van der Waals surface area contributed by atoms with Crippen LogP contribution in [0, 0.1) is 0 Å². The normalized spacial score (nSPS) is 10.1. The van der Waals surface area contributed by atoms with Gasteiger partial charge < -0.3 is 25.0 Å². The molecule has 3 amide bonds. The fourth-order valence-electron chi connectivity index (χ4n) is 2.68. The molecule has 0 radical (unpaired) electrons.